The first-order valence-electron chi connectivity index (χ1n) is 14.9. The zero-order valence-electron chi connectivity index (χ0n) is 26.6. The van der Waals surface area contributed by atoms with Crippen molar-refractivity contribution in [3.63, 3.8) is 0 Å². The van der Waals surface area contributed by atoms with Gasteiger partial charge >= 0.3 is 0 Å². The van der Waals surface area contributed by atoms with Crippen LogP contribution in [0.4, 0.5) is 5.69 Å². The maximum absolute atomic E-state index is 14.6. The van der Waals surface area contributed by atoms with Crippen LogP contribution in [0.2, 0.25) is 10.0 Å². The SMILES string of the molecule is Cc1cc(C)cc(N(CC(=O)N(Cc2ccc(Cl)cc2Cl)[C@@H](Cc2ccccc2)C(=O)NC(C)(C)C)S(=O)(=O)c2ccccc2)c1. The number of rotatable bonds is 11. The van der Waals surface area contributed by atoms with Gasteiger partial charge in [0.05, 0.1) is 10.6 Å². The largest absolute Gasteiger partial charge is 0.350 e. The number of hydrogen-bond acceptors (Lipinski definition) is 4. The minimum atomic E-state index is -4.19. The van der Waals surface area contributed by atoms with Crippen LogP contribution in [0.3, 0.4) is 0 Å². The zero-order valence-corrected chi connectivity index (χ0v) is 29.0. The van der Waals surface area contributed by atoms with Crippen molar-refractivity contribution in [2.75, 3.05) is 10.8 Å². The quantitative estimate of drug-likeness (QED) is 0.179. The lowest BCUT2D eigenvalue weighted by atomic mass is 10.0. The number of carbonyl (C=O) groups is 2. The van der Waals surface area contributed by atoms with E-state index in [1.165, 1.54) is 17.0 Å². The average molecular weight is 681 g/mol. The second-order valence-electron chi connectivity index (χ2n) is 12.4. The van der Waals surface area contributed by atoms with Gasteiger partial charge in [0.1, 0.15) is 12.6 Å². The Kier molecular flexibility index (Phi) is 11.2. The van der Waals surface area contributed by atoms with Crippen LogP contribution in [-0.4, -0.2) is 43.3 Å². The lowest BCUT2D eigenvalue weighted by Crippen LogP contribution is -2.56. The number of carbonyl (C=O) groups excluding carboxylic acids is 2. The number of hydrogen-bond donors (Lipinski definition) is 1. The molecule has 2 amide bonds. The molecule has 0 aromatic heterocycles. The molecule has 1 atom stereocenters. The molecule has 0 heterocycles. The molecule has 46 heavy (non-hydrogen) atoms. The molecule has 0 spiro atoms. The molecule has 0 saturated heterocycles. The van der Waals surface area contributed by atoms with E-state index in [0.717, 1.165) is 21.0 Å². The third-order valence-electron chi connectivity index (χ3n) is 7.23. The predicted octanol–water partition coefficient (Wildman–Crippen LogP) is 7.36. The Hall–Kier alpha value is -3.85. The summed E-state index contributed by atoms with van der Waals surface area (Å²) in [5.41, 5.74) is 2.82. The summed E-state index contributed by atoms with van der Waals surface area (Å²) >= 11 is 12.8. The molecule has 1 N–H and O–H groups in total. The molecule has 0 aliphatic carbocycles. The number of benzene rings is 4. The molecule has 0 radical (unpaired) electrons. The second kappa shape index (κ2) is 14.7. The predicted molar refractivity (Wildman–Crippen MR) is 186 cm³/mol. The van der Waals surface area contributed by atoms with Gasteiger partial charge in [-0.2, -0.15) is 0 Å². The summed E-state index contributed by atoms with van der Waals surface area (Å²) in [5.74, 6) is -0.951. The summed E-state index contributed by atoms with van der Waals surface area (Å²) in [6.45, 7) is 8.71. The van der Waals surface area contributed by atoms with E-state index in [4.69, 9.17) is 23.2 Å². The van der Waals surface area contributed by atoms with E-state index < -0.39 is 34.1 Å². The van der Waals surface area contributed by atoms with Gasteiger partial charge in [0.25, 0.3) is 10.0 Å². The number of nitrogens with zero attached hydrogens (tertiary/aromatic N) is 2. The summed E-state index contributed by atoms with van der Waals surface area (Å²) in [5, 5.41) is 3.77. The van der Waals surface area contributed by atoms with Crippen LogP contribution < -0.4 is 9.62 Å². The highest BCUT2D eigenvalue weighted by molar-refractivity contribution is 7.92. The molecule has 0 bridgehead atoms. The second-order valence-corrected chi connectivity index (χ2v) is 15.1. The van der Waals surface area contributed by atoms with E-state index in [-0.39, 0.29) is 23.8 Å². The lowest BCUT2D eigenvalue weighted by molar-refractivity contribution is -0.140. The molecular formula is C36H39Cl2N3O4S. The third kappa shape index (κ3) is 9.12. The molecule has 4 aromatic rings. The molecule has 7 nitrogen and oxygen atoms in total. The average Bonchev–Trinajstić information content (AvgIpc) is 2.98. The fraction of sp³-hybridized carbons (Fsp3) is 0.278. The molecule has 0 aliphatic heterocycles. The fourth-order valence-electron chi connectivity index (χ4n) is 5.18. The van der Waals surface area contributed by atoms with Crippen LogP contribution in [-0.2, 0) is 32.6 Å². The Balaban J connectivity index is 1.86. The topological polar surface area (TPSA) is 86.8 Å². The first-order chi connectivity index (χ1) is 21.6. The van der Waals surface area contributed by atoms with E-state index in [1.807, 2.05) is 71.0 Å². The highest BCUT2D eigenvalue weighted by atomic mass is 35.5. The van der Waals surface area contributed by atoms with Crippen molar-refractivity contribution >= 4 is 50.7 Å². The summed E-state index contributed by atoms with van der Waals surface area (Å²) in [4.78, 5) is 30.1. The van der Waals surface area contributed by atoms with E-state index in [9.17, 15) is 18.0 Å². The first kappa shape index (κ1) is 35.0. The van der Waals surface area contributed by atoms with Crippen molar-refractivity contribution in [1.82, 2.24) is 10.2 Å². The maximum atomic E-state index is 14.6. The van der Waals surface area contributed by atoms with Gasteiger partial charge in [-0.3, -0.25) is 13.9 Å². The monoisotopic (exact) mass is 679 g/mol. The van der Waals surface area contributed by atoms with Crippen molar-refractivity contribution < 1.29 is 18.0 Å². The van der Waals surface area contributed by atoms with Crippen LogP contribution >= 0.6 is 23.2 Å². The Morgan fingerprint density at radius 1 is 0.826 bits per heavy atom. The smallest absolute Gasteiger partial charge is 0.264 e. The highest BCUT2D eigenvalue weighted by Gasteiger charge is 2.36. The van der Waals surface area contributed by atoms with Gasteiger partial charge < -0.3 is 10.2 Å². The van der Waals surface area contributed by atoms with Crippen molar-refractivity contribution in [2.24, 2.45) is 0 Å². The molecule has 242 valence electrons. The van der Waals surface area contributed by atoms with Crippen molar-refractivity contribution in [2.45, 2.75) is 64.1 Å². The summed E-state index contributed by atoms with van der Waals surface area (Å²) < 4.78 is 29.5. The van der Waals surface area contributed by atoms with E-state index in [2.05, 4.69) is 5.32 Å². The third-order valence-corrected chi connectivity index (χ3v) is 9.60. The number of aryl methyl sites for hydroxylation is 2. The number of halogens is 2. The van der Waals surface area contributed by atoms with Crippen LogP contribution in [0.1, 0.15) is 43.0 Å². The Morgan fingerprint density at radius 3 is 1.98 bits per heavy atom. The minimum Gasteiger partial charge on any atom is -0.350 e. The van der Waals surface area contributed by atoms with Gasteiger partial charge in [-0.05, 0) is 93.3 Å². The minimum absolute atomic E-state index is 0.0422. The standard InChI is InChI=1S/C36H39Cl2N3O4S/c1-25-18-26(2)20-30(19-25)41(46(44,45)31-14-10-7-11-15-31)24-34(42)40(23-28-16-17-29(37)22-32(28)38)33(35(43)39-36(3,4)5)21-27-12-8-6-9-13-27/h6-20,22,33H,21,23-24H2,1-5H3,(H,39,43)/t33-/m0/s1. The first-order valence-corrected chi connectivity index (χ1v) is 17.1. The molecular weight excluding hydrogens is 641 g/mol. The van der Waals surface area contributed by atoms with Crippen LogP contribution in [0.5, 0.6) is 0 Å². The van der Waals surface area contributed by atoms with Crippen LogP contribution in [0.25, 0.3) is 0 Å². The van der Waals surface area contributed by atoms with Crippen LogP contribution in [0.15, 0.2) is 102 Å². The van der Waals surface area contributed by atoms with Gasteiger partial charge in [-0.1, -0.05) is 83.9 Å². The summed E-state index contributed by atoms with van der Waals surface area (Å²) in [7, 11) is -4.19. The Bertz CT molecular complexity index is 1770. The van der Waals surface area contributed by atoms with Gasteiger partial charge in [-0.15, -0.1) is 0 Å². The van der Waals surface area contributed by atoms with E-state index in [0.29, 0.717) is 21.3 Å². The van der Waals surface area contributed by atoms with Crippen molar-refractivity contribution in [3.8, 4) is 0 Å². The van der Waals surface area contributed by atoms with E-state index in [1.54, 1.807) is 48.5 Å². The van der Waals surface area contributed by atoms with Gasteiger partial charge in [0, 0.05) is 28.5 Å². The Morgan fingerprint density at radius 2 is 1.41 bits per heavy atom. The van der Waals surface area contributed by atoms with E-state index >= 15 is 0 Å². The van der Waals surface area contributed by atoms with Gasteiger partial charge in [-0.25, -0.2) is 8.42 Å². The molecule has 4 aromatic carbocycles. The number of sulfonamides is 1. The van der Waals surface area contributed by atoms with Gasteiger partial charge in [0.15, 0.2) is 0 Å². The maximum Gasteiger partial charge on any atom is 0.264 e. The normalized spacial score (nSPS) is 12.3. The zero-order chi connectivity index (χ0) is 33.6. The highest BCUT2D eigenvalue weighted by Crippen LogP contribution is 2.28. The van der Waals surface area contributed by atoms with Crippen molar-refractivity contribution in [3.05, 3.63) is 129 Å². The summed E-state index contributed by atoms with van der Waals surface area (Å²) in [6, 6.07) is 26.7. The molecule has 0 unspecified atom stereocenters. The Labute approximate surface area is 282 Å². The molecule has 0 aliphatic rings. The molecule has 0 saturated carbocycles. The molecule has 10 heteroatoms. The van der Waals surface area contributed by atoms with Gasteiger partial charge in [0.2, 0.25) is 11.8 Å². The van der Waals surface area contributed by atoms with Crippen molar-refractivity contribution in [1.29, 1.82) is 0 Å². The van der Waals surface area contributed by atoms with Crippen LogP contribution in [0, 0.1) is 13.8 Å². The summed E-state index contributed by atoms with van der Waals surface area (Å²) in [6.07, 6.45) is 0.189. The molecule has 4 rings (SSSR count). The molecule has 0 fully saturated rings. The lowest BCUT2D eigenvalue weighted by Gasteiger charge is -2.35. The number of anilines is 1. The fourth-order valence-corrected chi connectivity index (χ4v) is 7.07. The number of amides is 2. The number of nitrogens with one attached hydrogen (secondary N) is 1.